The fourth-order valence-corrected chi connectivity index (χ4v) is 10.2. The minimum atomic E-state index is 0.218. The molecule has 54 heavy (non-hydrogen) atoms. The molecule has 0 N–H and O–H groups in total. The van der Waals surface area contributed by atoms with Crippen molar-refractivity contribution in [2.24, 2.45) is 17.3 Å². The van der Waals surface area contributed by atoms with Crippen LogP contribution < -0.4 is 0 Å². The van der Waals surface area contributed by atoms with Gasteiger partial charge >= 0.3 is 0 Å². The Morgan fingerprint density at radius 3 is 2.41 bits per heavy atom. The highest BCUT2D eigenvalue weighted by Gasteiger charge is 2.41. The van der Waals surface area contributed by atoms with Gasteiger partial charge in [-0.2, -0.15) is 0 Å². The van der Waals surface area contributed by atoms with Gasteiger partial charge < -0.3 is 0 Å². The lowest BCUT2D eigenvalue weighted by atomic mass is 9.84. The zero-order valence-corrected chi connectivity index (χ0v) is 34.8. The molecule has 2 fully saturated rings. The molecule has 0 heterocycles. The number of benzene rings is 1. The van der Waals surface area contributed by atoms with Crippen LogP contribution in [0.2, 0.25) is 0 Å². The molecule has 1 heteroatoms. The highest BCUT2D eigenvalue weighted by Crippen LogP contribution is 2.49. The minimum Gasteiger partial charge on any atom is -0.281 e. The lowest BCUT2D eigenvalue weighted by molar-refractivity contribution is 0.196. The fraction of sp³-hybridized carbons (Fsp3) is 0.547. The molecular weight excluding hydrogens is 651 g/mol. The van der Waals surface area contributed by atoms with Crippen molar-refractivity contribution in [3.8, 4) is 0 Å². The van der Waals surface area contributed by atoms with Crippen LogP contribution in [0.25, 0.3) is 6.08 Å². The van der Waals surface area contributed by atoms with Gasteiger partial charge in [-0.1, -0.05) is 202 Å². The molecule has 2 unspecified atom stereocenters. The molecule has 290 valence electrons. The second-order valence-electron chi connectivity index (χ2n) is 18.1. The standard InChI is InChI=1S/C53H73N/c1-6-41(38-43-29-14-12-15-30-43)39-45-40-44-31-21-23-32-47(44)51(45)54(37-25-11-9-10-24-36-53(4,5)8-3)52-46(7-2)48(49-33-16-13-17-35-50(49)52)34-22-20-28-42-26-18-19-27-42/h6-7,13,16-17,20-23,31-34,39-40,42-43,51-52H,1,8-12,14-15,18-19,24-30,35-38H2,2-5H3/b22-20+,41-39+,46-7+,48-34+. The largest absolute Gasteiger partial charge is 0.281 e. The third-order valence-electron chi connectivity index (χ3n) is 13.8. The molecule has 0 bridgehead atoms. The van der Waals surface area contributed by atoms with E-state index in [2.05, 4.69) is 130 Å². The van der Waals surface area contributed by atoms with Gasteiger partial charge in [0.25, 0.3) is 0 Å². The maximum absolute atomic E-state index is 4.38. The molecule has 2 atom stereocenters. The van der Waals surface area contributed by atoms with E-state index in [9.17, 15) is 0 Å². The van der Waals surface area contributed by atoms with Crippen molar-refractivity contribution < 1.29 is 0 Å². The first-order valence-electron chi connectivity index (χ1n) is 22.4. The van der Waals surface area contributed by atoms with Gasteiger partial charge in [-0.25, -0.2) is 0 Å². The molecule has 1 aromatic rings. The molecule has 6 rings (SSSR count). The molecule has 5 aliphatic rings. The van der Waals surface area contributed by atoms with Crippen molar-refractivity contribution >= 4 is 6.08 Å². The van der Waals surface area contributed by atoms with Gasteiger partial charge in [0.15, 0.2) is 0 Å². The summed E-state index contributed by atoms with van der Waals surface area (Å²) in [6.45, 7) is 15.0. The van der Waals surface area contributed by atoms with Crippen LogP contribution in [0.4, 0.5) is 0 Å². The van der Waals surface area contributed by atoms with E-state index in [-0.39, 0.29) is 12.1 Å². The Labute approximate surface area is 331 Å². The van der Waals surface area contributed by atoms with Crippen molar-refractivity contribution in [2.45, 2.75) is 162 Å². The molecule has 0 amide bonds. The van der Waals surface area contributed by atoms with Crippen LogP contribution in [0.5, 0.6) is 0 Å². The summed E-state index contributed by atoms with van der Waals surface area (Å²) in [5, 5.41) is 0. The van der Waals surface area contributed by atoms with Crippen LogP contribution in [0.15, 0.2) is 125 Å². The predicted octanol–water partition coefficient (Wildman–Crippen LogP) is 15.5. The summed E-state index contributed by atoms with van der Waals surface area (Å²) in [4.78, 5) is 2.94. The van der Waals surface area contributed by atoms with E-state index < -0.39 is 0 Å². The number of hydrogen-bond donors (Lipinski definition) is 0. The third kappa shape index (κ3) is 10.4. The van der Waals surface area contributed by atoms with E-state index in [1.165, 1.54) is 148 Å². The van der Waals surface area contributed by atoms with Gasteiger partial charge in [0.05, 0.1) is 12.1 Å². The summed E-state index contributed by atoms with van der Waals surface area (Å²) in [7, 11) is 0. The average Bonchev–Trinajstić information content (AvgIpc) is 3.86. The fourth-order valence-electron chi connectivity index (χ4n) is 10.2. The van der Waals surface area contributed by atoms with Gasteiger partial charge in [-0.3, -0.25) is 4.90 Å². The molecule has 1 aromatic carbocycles. The SMILES string of the molecule is C=C/C(=C\C1=Cc2ccccc2C1N(CCCCCCCC(C)(C)CC)C1C2=C(C=CC=CC2)C(=C/C=C/CC2CCCC2)/C1=C\C)CC1CCCCC1. The van der Waals surface area contributed by atoms with Crippen LogP contribution in [0.1, 0.15) is 167 Å². The van der Waals surface area contributed by atoms with Crippen molar-refractivity contribution in [2.75, 3.05) is 6.54 Å². The first-order valence-corrected chi connectivity index (χ1v) is 22.4. The van der Waals surface area contributed by atoms with Crippen LogP contribution in [-0.2, 0) is 0 Å². The van der Waals surface area contributed by atoms with E-state index >= 15 is 0 Å². The number of unbranched alkanes of at least 4 members (excludes halogenated alkanes) is 4. The Kier molecular flexibility index (Phi) is 15.1. The first kappa shape index (κ1) is 40.5. The molecule has 2 saturated carbocycles. The number of rotatable bonds is 18. The lowest BCUT2D eigenvalue weighted by Gasteiger charge is -2.39. The predicted molar refractivity (Wildman–Crippen MR) is 236 cm³/mol. The van der Waals surface area contributed by atoms with Crippen molar-refractivity contribution in [3.05, 3.63) is 136 Å². The minimum absolute atomic E-state index is 0.218. The topological polar surface area (TPSA) is 3.24 Å². The van der Waals surface area contributed by atoms with E-state index in [1.54, 1.807) is 5.57 Å². The molecule has 0 aliphatic heterocycles. The van der Waals surface area contributed by atoms with E-state index in [0.717, 1.165) is 31.2 Å². The van der Waals surface area contributed by atoms with Crippen LogP contribution >= 0.6 is 0 Å². The van der Waals surface area contributed by atoms with Gasteiger partial charge in [0.1, 0.15) is 0 Å². The number of nitrogens with zero attached hydrogens (tertiary/aromatic N) is 1. The Hall–Kier alpha value is -3.16. The van der Waals surface area contributed by atoms with Gasteiger partial charge in [0.2, 0.25) is 0 Å². The van der Waals surface area contributed by atoms with Crippen molar-refractivity contribution in [1.29, 1.82) is 0 Å². The van der Waals surface area contributed by atoms with Gasteiger partial charge in [-0.05, 0) is 107 Å². The van der Waals surface area contributed by atoms with Gasteiger partial charge in [-0.15, -0.1) is 0 Å². The Balaban J connectivity index is 1.33. The molecule has 0 saturated heterocycles. The maximum atomic E-state index is 4.38. The molecule has 0 spiro atoms. The quantitative estimate of drug-likeness (QED) is 0.108. The number of allylic oxidation sites excluding steroid dienone is 11. The van der Waals surface area contributed by atoms with Crippen molar-refractivity contribution in [3.63, 3.8) is 0 Å². The van der Waals surface area contributed by atoms with Gasteiger partial charge in [0, 0.05) is 6.54 Å². The van der Waals surface area contributed by atoms with E-state index in [4.69, 9.17) is 0 Å². The lowest BCUT2D eigenvalue weighted by Crippen LogP contribution is -2.40. The zero-order valence-electron chi connectivity index (χ0n) is 34.8. The molecule has 5 aliphatic carbocycles. The summed E-state index contributed by atoms with van der Waals surface area (Å²) < 4.78 is 0. The van der Waals surface area contributed by atoms with Crippen LogP contribution in [0, 0.1) is 17.3 Å². The highest BCUT2D eigenvalue weighted by molar-refractivity contribution is 5.71. The molecule has 0 radical (unpaired) electrons. The second kappa shape index (κ2) is 20.1. The monoisotopic (exact) mass is 724 g/mol. The van der Waals surface area contributed by atoms with Crippen LogP contribution in [0.3, 0.4) is 0 Å². The molecule has 1 nitrogen and oxygen atoms in total. The number of hydrogen-bond acceptors (Lipinski definition) is 1. The molecular formula is C53H73N. The smallest absolute Gasteiger partial charge is 0.0616 e. The maximum Gasteiger partial charge on any atom is 0.0616 e. The zero-order chi connectivity index (χ0) is 37.8. The van der Waals surface area contributed by atoms with E-state index in [1.807, 2.05) is 0 Å². The van der Waals surface area contributed by atoms with Crippen LogP contribution in [-0.4, -0.2) is 17.5 Å². The summed E-state index contributed by atoms with van der Waals surface area (Å²) in [6, 6.07) is 9.73. The van der Waals surface area contributed by atoms with E-state index in [0.29, 0.717) is 5.41 Å². The summed E-state index contributed by atoms with van der Waals surface area (Å²) >= 11 is 0. The second-order valence-corrected chi connectivity index (χ2v) is 18.1. The first-order chi connectivity index (χ1) is 26.4. The Bertz CT molecular complexity index is 1650. The molecule has 0 aromatic heterocycles. The normalized spacial score (nSPS) is 24.0. The summed E-state index contributed by atoms with van der Waals surface area (Å²) in [5.74, 6) is 1.67. The summed E-state index contributed by atoms with van der Waals surface area (Å²) in [6.07, 6.45) is 51.4. The average molecular weight is 724 g/mol. The Morgan fingerprint density at radius 1 is 0.889 bits per heavy atom. The van der Waals surface area contributed by atoms with Crippen molar-refractivity contribution in [1.82, 2.24) is 4.90 Å². The third-order valence-corrected chi connectivity index (χ3v) is 13.8. The highest BCUT2D eigenvalue weighted by atomic mass is 15.2. The summed E-state index contributed by atoms with van der Waals surface area (Å²) in [5.41, 5.74) is 12.1. The Morgan fingerprint density at radius 2 is 1.63 bits per heavy atom. The number of fused-ring (bicyclic) bond motifs is 1.